The summed E-state index contributed by atoms with van der Waals surface area (Å²) < 4.78 is 39.0. The number of nitrogens with zero attached hydrogens (tertiary/aromatic N) is 7. The molecule has 0 spiro atoms. The number of nitrogens with one attached hydrogen (secondary N) is 1. The summed E-state index contributed by atoms with van der Waals surface area (Å²) >= 11 is 1.13. The van der Waals surface area contributed by atoms with Crippen molar-refractivity contribution in [3.63, 3.8) is 0 Å². The first kappa shape index (κ1) is 34.1. The minimum Gasteiger partial charge on any atom is -0.461 e. The number of amides is 1. The summed E-state index contributed by atoms with van der Waals surface area (Å²) in [7, 11) is 0. The molecule has 1 amide bonds. The van der Waals surface area contributed by atoms with Crippen LogP contribution in [0.5, 0.6) is 6.01 Å². The predicted octanol–water partition coefficient (Wildman–Crippen LogP) is 6.89. The highest BCUT2D eigenvalue weighted by molar-refractivity contribution is 7.23. The van der Waals surface area contributed by atoms with Crippen LogP contribution < -0.4 is 15.0 Å². The number of anilines is 2. The van der Waals surface area contributed by atoms with Crippen molar-refractivity contribution >= 4 is 49.1 Å². The number of aromatic nitrogens is 3. The average Bonchev–Trinajstić information content (AvgIpc) is 3.87. The van der Waals surface area contributed by atoms with Gasteiger partial charge in [0, 0.05) is 42.3 Å². The van der Waals surface area contributed by atoms with Crippen LogP contribution in [0.2, 0.25) is 0 Å². The lowest BCUT2D eigenvalue weighted by atomic mass is 9.95. The Morgan fingerprint density at radius 3 is 2.70 bits per heavy atom. The summed E-state index contributed by atoms with van der Waals surface area (Å²) in [5.41, 5.74) is 0.446. The third kappa shape index (κ3) is 5.62. The van der Waals surface area contributed by atoms with Gasteiger partial charge >= 0.3 is 6.01 Å². The van der Waals surface area contributed by atoms with Gasteiger partial charge in [-0.2, -0.15) is 15.2 Å². The fourth-order valence-electron chi connectivity index (χ4n) is 8.30. The van der Waals surface area contributed by atoms with Crippen LogP contribution >= 0.6 is 11.3 Å². The Kier molecular flexibility index (Phi) is 9.11. The molecule has 6 heterocycles. The van der Waals surface area contributed by atoms with E-state index in [0.29, 0.717) is 53.3 Å². The predicted molar refractivity (Wildman–Crippen MR) is 193 cm³/mol. The van der Waals surface area contributed by atoms with E-state index in [2.05, 4.69) is 37.7 Å². The highest BCUT2D eigenvalue weighted by Crippen LogP contribution is 2.44. The zero-order valence-corrected chi connectivity index (χ0v) is 29.7. The summed E-state index contributed by atoms with van der Waals surface area (Å²) in [6, 6.07) is 4.77. The van der Waals surface area contributed by atoms with Gasteiger partial charge < -0.3 is 19.9 Å². The van der Waals surface area contributed by atoms with Crippen LogP contribution in [0.1, 0.15) is 65.4 Å². The van der Waals surface area contributed by atoms with Gasteiger partial charge in [0.25, 0.3) is 0 Å². The summed E-state index contributed by atoms with van der Waals surface area (Å²) in [6.07, 6.45) is 7.84. The normalized spacial score (nSPS) is 20.1. The number of thiophene rings is 1. The van der Waals surface area contributed by atoms with Gasteiger partial charge in [-0.05, 0) is 91.1 Å². The minimum absolute atomic E-state index is 0.00287. The first-order valence-electron chi connectivity index (χ1n) is 17.5. The first-order chi connectivity index (χ1) is 24.1. The Balaban J connectivity index is 1.38. The lowest BCUT2D eigenvalue weighted by Crippen LogP contribution is -2.45. The standard InChI is InChI=1S/C37H42F2N8O2S/c1-6-28(48)47-17-12-27(22(47)5)46(7-2)34-25-19-41-31(23-10-11-26(38)33-29(23)24(18-40)35(50-33)42-21(3)4)30(39)32(25)43-36(44-34)49-20-37-13-8-15-45(37)16-9-14-37/h6,10-11,19,21-22,27,42H,1,7-9,12-17,20H2,2-5H3. The van der Waals surface area contributed by atoms with E-state index in [4.69, 9.17) is 9.72 Å². The molecule has 2 unspecified atom stereocenters. The highest BCUT2D eigenvalue weighted by atomic mass is 32.1. The summed E-state index contributed by atoms with van der Waals surface area (Å²) in [6.45, 7) is 15.1. The molecule has 0 aliphatic carbocycles. The van der Waals surface area contributed by atoms with Crippen molar-refractivity contribution in [3.05, 3.63) is 48.2 Å². The van der Waals surface area contributed by atoms with Gasteiger partial charge in [0.05, 0.1) is 27.2 Å². The smallest absolute Gasteiger partial charge is 0.319 e. The van der Waals surface area contributed by atoms with E-state index in [1.165, 1.54) is 18.2 Å². The fourth-order valence-corrected chi connectivity index (χ4v) is 9.53. The number of hydrogen-bond donors (Lipinski definition) is 1. The maximum absolute atomic E-state index is 17.1. The third-order valence-corrected chi connectivity index (χ3v) is 11.8. The van der Waals surface area contributed by atoms with E-state index in [0.717, 1.165) is 50.1 Å². The van der Waals surface area contributed by atoms with Crippen LogP contribution in [-0.4, -0.2) is 87.1 Å². The number of carbonyl (C=O) groups is 1. The molecule has 13 heteroatoms. The number of halogens is 2. The fraction of sp³-hybridized carbons (Fsp3) is 0.486. The number of fused-ring (bicyclic) bond motifs is 3. The quantitative estimate of drug-likeness (QED) is 0.177. The molecule has 50 heavy (non-hydrogen) atoms. The topological polar surface area (TPSA) is 111 Å². The van der Waals surface area contributed by atoms with Crippen LogP contribution in [0.4, 0.5) is 19.6 Å². The van der Waals surface area contributed by atoms with Gasteiger partial charge in [-0.1, -0.05) is 6.58 Å². The molecule has 4 aromatic rings. The molecule has 0 radical (unpaired) electrons. The SMILES string of the molecule is C=CC(=O)N1CCC(N(CC)c2nc(OCC34CCCN3CCC4)nc3c(F)c(-c4ccc(F)c5sc(NC(C)C)c(C#N)c45)ncc23)C1C. The Morgan fingerprint density at radius 1 is 1.26 bits per heavy atom. The number of nitriles is 1. The van der Waals surface area contributed by atoms with E-state index in [-0.39, 0.29) is 57.1 Å². The van der Waals surface area contributed by atoms with Crippen LogP contribution in [0, 0.1) is 23.0 Å². The van der Waals surface area contributed by atoms with E-state index in [1.807, 2.05) is 27.7 Å². The average molecular weight is 701 g/mol. The molecule has 1 N–H and O–H groups in total. The number of benzene rings is 1. The number of rotatable bonds is 10. The molecule has 0 saturated carbocycles. The van der Waals surface area contributed by atoms with Crippen molar-refractivity contribution in [2.75, 3.05) is 43.0 Å². The van der Waals surface area contributed by atoms with E-state index in [9.17, 15) is 10.1 Å². The van der Waals surface area contributed by atoms with Gasteiger partial charge in [-0.15, -0.1) is 11.3 Å². The Morgan fingerprint density at radius 2 is 2.02 bits per heavy atom. The van der Waals surface area contributed by atoms with Gasteiger partial charge in [0.1, 0.15) is 40.5 Å². The maximum Gasteiger partial charge on any atom is 0.319 e. The molecule has 3 aliphatic rings. The Bertz CT molecular complexity index is 2020. The van der Waals surface area contributed by atoms with Gasteiger partial charge in [-0.3, -0.25) is 14.7 Å². The van der Waals surface area contributed by atoms with Crippen LogP contribution in [0.3, 0.4) is 0 Å². The van der Waals surface area contributed by atoms with E-state index in [1.54, 1.807) is 11.1 Å². The second kappa shape index (κ2) is 13.4. The first-order valence-corrected chi connectivity index (χ1v) is 18.3. The number of carbonyl (C=O) groups excluding carboxylic acids is 1. The monoisotopic (exact) mass is 700 g/mol. The van der Waals surface area contributed by atoms with Crippen LogP contribution in [-0.2, 0) is 4.79 Å². The summed E-state index contributed by atoms with van der Waals surface area (Å²) in [4.78, 5) is 33.2. The molecular weight excluding hydrogens is 659 g/mol. The Labute approximate surface area is 294 Å². The van der Waals surface area contributed by atoms with Crippen molar-refractivity contribution in [1.29, 1.82) is 5.26 Å². The number of hydrogen-bond acceptors (Lipinski definition) is 10. The molecular formula is C37H42F2N8O2S. The number of ether oxygens (including phenoxy) is 1. The van der Waals surface area contributed by atoms with E-state index >= 15 is 8.78 Å². The van der Waals surface area contributed by atoms with Crippen LogP contribution in [0.15, 0.2) is 31.0 Å². The molecule has 10 nitrogen and oxygen atoms in total. The van der Waals surface area contributed by atoms with Crippen molar-refractivity contribution in [2.24, 2.45) is 0 Å². The van der Waals surface area contributed by atoms with Gasteiger partial charge in [0.2, 0.25) is 5.91 Å². The second-order valence-corrected chi connectivity index (χ2v) is 14.9. The second-order valence-electron chi connectivity index (χ2n) is 13.9. The minimum atomic E-state index is -0.710. The largest absolute Gasteiger partial charge is 0.461 e. The molecule has 0 bridgehead atoms. The molecule has 1 aromatic carbocycles. The van der Waals surface area contributed by atoms with Crippen molar-refractivity contribution in [2.45, 2.75) is 83.5 Å². The lowest BCUT2D eigenvalue weighted by molar-refractivity contribution is -0.126. The molecule has 3 fully saturated rings. The Hall–Kier alpha value is -4.41. The maximum atomic E-state index is 17.1. The molecule has 3 aliphatic heterocycles. The lowest BCUT2D eigenvalue weighted by Gasteiger charge is -2.34. The summed E-state index contributed by atoms with van der Waals surface area (Å²) in [5, 5.41) is 14.6. The summed E-state index contributed by atoms with van der Waals surface area (Å²) in [5.74, 6) is -0.866. The molecule has 2 atom stereocenters. The highest BCUT2D eigenvalue weighted by Gasteiger charge is 2.45. The third-order valence-electron chi connectivity index (χ3n) is 10.7. The molecule has 7 rings (SSSR count). The molecule has 3 saturated heterocycles. The zero-order valence-electron chi connectivity index (χ0n) is 28.9. The van der Waals surface area contributed by atoms with Gasteiger partial charge in [-0.25, -0.2) is 8.78 Å². The molecule has 262 valence electrons. The van der Waals surface area contributed by atoms with Gasteiger partial charge in [0.15, 0.2) is 5.82 Å². The van der Waals surface area contributed by atoms with Crippen molar-refractivity contribution in [3.8, 4) is 23.3 Å². The van der Waals surface area contributed by atoms with Crippen molar-refractivity contribution in [1.82, 2.24) is 24.8 Å². The zero-order chi connectivity index (χ0) is 35.3. The van der Waals surface area contributed by atoms with Crippen LogP contribution in [0.25, 0.3) is 32.2 Å². The molecule has 3 aromatic heterocycles. The van der Waals surface area contributed by atoms with Crippen molar-refractivity contribution < 1.29 is 18.3 Å². The van der Waals surface area contributed by atoms with E-state index < -0.39 is 11.6 Å². The number of likely N-dealkylation sites (N-methyl/N-ethyl adjacent to an activating group) is 1. The number of likely N-dealkylation sites (tertiary alicyclic amines) is 1. The number of pyridine rings is 1.